The van der Waals surface area contributed by atoms with Crippen molar-refractivity contribution in [3.05, 3.63) is 431 Å². The summed E-state index contributed by atoms with van der Waals surface area (Å²) >= 11 is 0. The summed E-state index contributed by atoms with van der Waals surface area (Å²) in [6.07, 6.45) is 5.77. The van der Waals surface area contributed by atoms with E-state index in [9.17, 15) is 0 Å². The van der Waals surface area contributed by atoms with Crippen LogP contribution in [0.25, 0.3) is 0 Å². The van der Waals surface area contributed by atoms with Crippen molar-refractivity contribution < 1.29 is 0 Å². The maximum Gasteiger partial charge on any atom is 0.0448 e. The normalized spacial score (nSPS) is 12.0. The van der Waals surface area contributed by atoms with Crippen molar-refractivity contribution in [1.82, 2.24) is 0 Å². The minimum atomic E-state index is -0.0796. The largest absolute Gasteiger partial charge is 0.0646 e. The van der Waals surface area contributed by atoms with E-state index in [1.807, 2.05) is 6.07 Å². The molecule has 101 heavy (non-hydrogen) atoms. The summed E-state index contributed by atoms with van der Waals surface area (Å²) in [5, 5.41) is 0. The molecule has 524 valence electrons. The van der Waals surface area contributed by atoms with Crippen molar-refractivity contribution in [3.8, 4) is 0 Å². The second-order valence-electron chi connectivity index (χ2n) is 28.4. The molecule has 12 aromatic rings. The third-order valence-electron chi connectivity index (χ3n) is 21.6. The van der Waals surface area contributed by atoms with Crippen molar-refractivity contribution in [2.75, 3.05) is 0 Å². The standard InChI is InChI=1S/C21H20.C18H22.C16H18.C14H14.C12H18.C11H16.C9H12/c1-2-21(18-12-6-3-7-13-18,19-14-8-4-9-15-19)20-16-10-5-11-17-20;1-14(15(2)17-10-6-4-7-11-17)16(3)18-12-8-5-9-13-18;1-3-16(2,14-10-6-4-7-11-14)15-12-8-5-9-13-15;1-12(13-8-4-2-5-9-13)14-10-6-3-7-11-14;1-4-12(3,5-2)11-9-7-6-8-10-11;1-4-11(2,3)10-8-6-5-7-9-10;1-8(2)9-6-4-3-5-7-9/h3-17H,2H2,1H3;4-16H,1-3H3;4-13H,3H2,1-2H3;2-12H,1H3;6-10H,4-5H2,1-3H3;5-9H,4H2,1-3H3;3-8H,1-2H3. The smallest absolute Gasteiger partial charge is 0.0448 e. The summed E-state index contributed by atoms with van der Waals surface area (Å²) in [5.74, 6) is 2.95. The maximum atomic E-state index is 2.36. The second kappa shape index (κ2) is 42.7. The van der Waals surface area contributed by atoms with Crippen LogP contribution in [0, 0.1) is 5.92 Å². The molecule has 12 rings (SSSR count). The molecule has 0 N–H and O–H groups in total. The number of hydrogen-bond donors (Lipinski definition) is 0. The molecule has 0 heteroatoms. The first-order valence-electron chi connectivity index (χ1n) is 37.6. The lowest BCUT2D eigenvalue weighted by Crippen LogP contribution is -2.28. The van der Waals surface area contributed by atoms with Crippen LogP contribution in [0.4, 0.5) is 0 Å². The fourth-order valence-electron chi connectivity index (χ4n) is 13.1. The molecule has 0 radical (unpaired) electrons. The molecule has 0 aliphatic rings. The molecule has 12 aromatic carbocycles. The van der Waals surface area contributed by atoms with Gasteiger partial charge in [0.25, 0.3) is 0 Å². The minimum absolute atomic E-state index is 0.0796. The average molecular weight is 1330 g/mol. The molecule has 0 fully saturated rings. The molecule has 0 aliphatic heterocycles. The molecular weight excluding hydrogens is 1210 g/mol. The quantitative estimate of drug-likeness (QED) is 0.0708. The molecule has 0 saturated carbocycles. The van der Waals surface area contributed by atoms with Crippen LogP contribution in [0.15, 0.2) is 364 Å². The van der Waals surface area contributed by atoms with Gasteiger partial charge in [-0.1, -0.05) is 468 Å². The van der Waals surface area contributed by atoms with Crippen LogP contribution in [0.1, 0.15) is 226 Å². The van der Waals surface area contributed by atoms with E-state index in [0.29, 0.717) is 40.4 Å². The monoisotopic (exact) mass is 1330 g/mol. The Morgan fingerprint density at radius 3 is 0.673 bits per heavy atom. The SMILES string of the molecule is CC(C)c1ccccc1.CC(c1ccccc1)C(C)C(C)c1ccccc1.CC(c1ccccc1)c1ccccc1.CCC(C)(C)c1ccccc1.CCC(C)(CC)c1ccccc1.CCC(C)(c1ccccc1)c1ccccc1.CCC(c1ccccc1)(c1ccccc1)c1ccccc1. The molecule has 0 aromatic heterocycles. The Kier molecular flexibility index (Phi) is 34.1. The Morgan fingerprint density at radius 1 is 0.218 bits per heavy atom. The molecule has 0 aliphatic carbocycles. The summed E-state index contributed by atoms with van der Waals surface area (Å²) in [4.78, 5) is 0. The fourth-order valence-corrected chi connectivity index (χ4v) is 13.1. The van der Waals surface area contributed by atoms with E-state index in [-0.39, 0.29) is 10.8 Å². The van der Waals surface area contributed by atoms with Crippen LogP contribution in [-0.4, -0.2) is 0 Å². The first-order chi connectivity index (χ1) is 48.9. The van der Waals surface area contributed by atoms with Gasteiger partial charge in [0, 0.05) is 16.7 Å². The molecule has 2 atom stereocenters. The van der Waals surface area contributed by atoms with E-state index in [0.717, 1.165) is 12.8 Å². The van der Waals surface area contributed by atoms with E-state index in [1.54, 1.807) is 0 Å². The summed E-state index contributed by atoms with van der Waals surface area (Å²) < 4.78 is 0. The lowest BCUT2D eigenvalue weighted by atomic mass is 9.68. The van der Waals surface area contributed by atoms with E-state index in [1.165, 1.54) is 86.0 Å². The molecular formula is C101H120. The topological polar surface area (TPSA) is 0 Å². The van der Waals surface area contributed by atoms with Gasteiger partial charge in [-0.15, -0.1) is 0 Å². The Morgan fingerprint density at radius 2 is 0.446 bits per heavy atom. The van der Waals surface area contributed by atoms with Gasteiger partial charge in [-0.2, -0.15) is 0 Å². The zero-order chi connectivity index (χ0) is 72.8. The molecule has 0 spiro atoms. The second-order valence-corrected chi connectivity index (χ2v) is 28.4. The Labute approximate surface area is 614 Å². The highest BCUT2D eigenvalue weighted by atomic mass is 14.4. The Balaban J connectivity index is 0.000000188. The van der Waals surface area contributed by atoms with Gasteiger partial charge in [-0.05, 0) is 133 Å². The van der Waals surface area contributed by atoms with Crippen molar-refractivity contribution in [2.24, 2.45) is 5.92 Å². The molecule has 0 nitrogen and oxygen atoms in total. The van der Waals surface area contributed by atoms with E-state index in [2.05, 4.69) is 462 Å². The summed E-state index contributed by atoms with van der Waals surface area (Å²) in [6.45, 7) is 34.2. The van der Waals surface area contributed by atoms with Crippen LogP contribution in [0.5, 0.6) is 0 Å². The lowest BCUT2D eigenvalue weighted by molar-refractivity contribution is 0.417. The molecule has 0 saturated heterocycles. The lowest BCUT2D eigenvalue weighted by Gasteiger charge is -2.35. The molecule has 2 unspecified atom stereocenters. The number of rotatable bonds is 19. The van der Waals surface area contributed by atoms with Crippen LogP contribution >= 0.6 is 0 Å². The number of hydrogen-bond acceptors (Lipinski definition) is 0. The molecule has 0 heterocycles. The van der Waals surface area contributed by atoms with Crippen LogP contribution in [0.2, 0.25) is 0 Å². The van der Waals surface area contributed by atoms with Crippen molar-refractivity contribution in [2.45, 2.75) is 181 Å². The maximum absolute atomic E-state index is 2.36. The van der Waals surface area contributed by atoms with Gasteiger partial charge in [0.2, 0.25) is 0 Å². The van der Waals surface area contributed by atoms with Gasteiger partial charge in [-0.3, -0.25) is 0 Å². The third-order valence-corrected chi connectivity index (χ3v) is 21.6. The highest BCUT2D eigenvalue weighted by molar-refractivity contribution is 5.50. The van der Waals surface area contributed by atoms with Gasteiger partial charge in [-0.25, -0.2) is 0 Å². The van der Waals surface area contributed by atoms with Gasteiger partial charge in [0.15, 0.2) is 0 Å². The van der Waals surface area contributed by atoms with E-state index >= 15 is 0 Å². The van der Waals surface area contributed by atoms with E-state index in [4.69, 9.17) is 0 Å². The predicted octanol–water partition coefficient (Wildman–Crippen LogP) is 28.9. The first-order valence-corrected chi connectivity index (χ1v) is 37.6. The van der Waals surface area contributed by atoms with Crippen molar-refractivity contribution in [3.63, 3.8) is 0 Å². The zero-order valence-electron chi connectivity index (χ0n) is 64.1. The van der Waals surface area contributed by atoms with Gasteiger partial charge in [0.1, 0.15) is 0 Å². The fraction of sp³-hybridized carbons (Fsp3) is 0.287. The Hall–Kier alpha value is -9.36. The summed E-state index contributed by atoms with van der Waals surface area (Å²) in [5.41, 5.74) is 17.5. The van der Waals surface area contributed by atoms with Gasteiger partial charge >= 0.3 is 0 Å². The van der Waals surface area contributed by atoms with Crippen LogP contribution in [0.3, 0.4) is 0 Å². The minimum Gasteiger partial charge on any atom is -0.0646 e. The third kappa shape index (κ3) is 24.2. The highest BCUT2D eigenvalue weighted by Crippen LogP contribution is 2.42. The van der Waals surface area contributed by atoms with Gasteiger partial charge in [0.05, 0.1) is 0 Å². The first kappa shape index (κ1) is 80.6. The van der Waals surface area contributed by atoms with Crippen molar-refractivity contribution in [1.29, 1.82) is 0 Å². The molecule has 0 amide bonds. The zero-order valence-corrected chi connectivity index (χ0v) is 64.1. The Bertz CT molecular complexity index is 3760. The van der Waals surface area contributed by atoms with Crippen LogP contribution < -0.4 is 0 Å². The average Bonchev–Trinajstić information content (AvgIpc) is 0.757. The summed E-state index contributed by atoms with van der Waals surface area (Å²) in [6, 6.07) is 129. The van der Waals surface area contributed by atoms with Gasteiger partial charge < -0.3 is 0 Å². The molecule has 0 bridgehead atoms. The van der Waals surface area contributed by atoms with E-state index < -0.39 is 0 Å². The van der Waals surface area contributed by atoms with Crippen LogP contribution in [-0.2, 0) is 21.7 Å². The van der Waals surface area contributed by atoms with Crippen molar-refractivity contribution >= 4 is 0 Å². The predicted molar refractivity (Wildman–Crippen MR) is 443 cm³/mol. The summed E-state index contributed by atoms with van der Waals surface area (Å²) in [7, 11) is 0. The number of benzene rings is 12. The highest BCUT2D eigenvalue weighted by Gasteiger charge is 2.34.